The Bertz CT molecular complexity index is 480. The van der Waals surface area contributed by atoms with Crippen molar-refractivity contribution >= 4 is 17.7 Å². The van der Waals surface area contributed by atoms with E-state index in [1.54, 1.807) is 4.90 Å². The number of hydrogen-bond donors (Lipinski definition) is 1. The Morgan fingerprint density at radius 2 is 1.56 bits per heavy atom. The number of rotatable bonds is 5. The molecule has 1 saturated carbocycles. The number of carbonyl (C=O) groups is 3. The van der Waals surface area contributed by atoms with Gasteiger partial charge in [-0.2, -0.15) is 0 Å². The van der Waals surface area contributed by atoms with Gasteiger partial charge in [0.05, 0.1) is 0 Å². The maximum atomic E-state index is 12.8. The van der Waals surface area contributed by atoms with Gasteiger partial charge in [0.15, 0.2) is 0 Å². The molecule has 6 nitrogen and oxygen atoms in total. The van der Waals surface area contributed by atoms with E-state index in [4.69, 9.17) is 0 Å². The molecule has 3 amide bonds. The van der Waals surface area contributed by atoms with Crippen molar-refractivity contribution in [1.29, 1.82) is 0 Å². The molecule has 1 N–H and O–H groups in total. The lowest BCUT2D eigenvalue weighted by Gasteiger charge is -2.39. The minimum atomic E-state index is -0.469. The fourth-order valence-electron chi connectivity index (χ4n) is 3.85. The third-order valence-corrected chi connectivity index (χ3v) is 5.70. The third-order valence-electron chi connectivity index (χ3n) is 5.70. The maximum absolute atomic E-state index is 12.8. The van der Waals surface area contributed by atoms with Gasteiger partial charge in [0, 0.05) is 39.0 Å². The van der Waals surface area contributed by atoms with Gasteiger partial charge in [0.2, 0.25) is 17.7 Å². The highest BCUT2D eigenvalue weighted by molar-refractivity contribution is 5.87. The largest absolute Gasteiger partial charge is 0.344 e. The van der Waals surface area contributed by atoms with Crippen LogP contribution in [-0.2, 0) is 14.4 Å². The molecule has 2 fully saturated rings. The van der Waals surface area contributed by atoms with Crippen LogP contribution in [0.1, 0.15) is 59.3 Å². The van der Waals surface area contributed by atoms with E-state index in [1.165, 1.54) is 13.3 Å². The molecule has 25 heavy (non-hydrogen) atoms. The summed E-state index contributed by atoms with van der Waals surface area (Å²) in [6, 6.07) is -0.469. The predicted octanol–water partition coefficient (Wildman–Crippen LogP) is 1.79. The Hall–Kier alpha value is -1.59. The van der Waals surface area contributed by atoms with Crippen molar-refractivity contribution in [3.8, 4) is 0 Å². The number of hydrogen-bond acceptors (Lipinski definition) is 3. The van der Waals surface area contributed by atoms with Gasteiger partial charge in [-0.3, -0.25) is 14.4 Å². The first-order chi connectivity index (χ1) is 11.9. The summed E-state index contributed by atoms with van der Waals surface area (Å²) in [6.45, 7) is 7.79. The first kappa shape index (κ1) is 19.7. The van der Waals surface area contributed by atoms with E-state index >= 15 is 0 Å². The molecule has 0 aromatic heterocycles. The van der Waals surface area contributed by atoms with Crippen LogP contribution in [0.2, 0.25) is 0 Å². The highest BCUT2D eigenvalue weighted by Gasteiger charge is 2.33. The molecule has 0 spiro atoms. The second-order valence-corrected chi connectivity index (χ2v) is 7.55. The Morgan fingerprint density at radius 1 is 1.00 bits per heavy atom. The van der Waals surface area contributed by atoms with Crippen LogP contribution < -0.4 is 5.32 Å². The molecule has 2 rings (SSSR count). The number of amides is 3. The Balaban J connectivity index is 1.90. The van der Waals surface area contributed by atoms with Crippen LogP contribution in [-0.4, -0.2) is 59.7 Å². The normalized spacial score (nSPS) is 21.6. The lowest BCUT2D eigenvalue weighted by molar-refractivity contribution is -0.145. The van der Waals surface area contributed by atoms with Crippen LogP contribution in [0.4, 0.5) is 0 Å². The quantitative estimate of drug-likeness (QED) is 0.821. The van der Waals surface area contributed by atoms with Gasteiger partial charge in [0.25, 0.3) is 0 Å². The molecule has 142 valence electrons. The second-order valence-electron chi connectivity index (χ2n) is 7.55. The van der Waals surface area contributed by atoms with Crippen molar-refractivity contribution in [1.82, 2.24) is 15.1 Å². The summed E-state index contributed by atoms with van der Waals surface area (Å²) >= 11 is 0. The molecule has 1 aliphatic heterocycles. The topological polar surface area (TPSA) is 69.7 Å². The average Bonchev–Trinajstić information content (AvgIpc) is 2.65. The summed E-state index contributed by atoms with van der Waals surface area (Å²) in [5, 5.41) is 2.80. The van der Waals surface area contributed by atoms with E-state index < -0.39 is 6.04 Å². The van der Waals surface area contributed by atoms with Crippen molar-refractivity contribution in [2.45, 2.75) is 65.3 Å². The van der Waals surface area contributed by atoms with Crippen molar-refractivity contribution in [2.75, 3.05) is 26.2 Å². The van der Waals surface area contributed by atoms with E-state index in [2.05, 4.69) is 5.32 Å². The van der Waals surface area contributed by atoms with Crippen molar-refractivity contribution in [3.63, 3.8) is 0 Å². The fraction of sp³-hybridized carbons (Fsp3) is 0.842. The maximum Gasteiger partial charge on any atom is 0.245 e. The molecule has 0 bridgehead atoms. The van der Waals surface area contributed by atoms with Crippen LogP contribution in [0.5, 0.6) is 0 Å². The monoisotopic (exact) mass is 351 g/mol. The molecule has 1 aliphatic carbocycles. The summed E-state index contributed by atoms with van der Waals surface area (Å²) in [5.74, 6) is 0.354. The van der Waals surface area contributed by atoms with Crippen molar-refractivity contribution in [3.05, 3.63) is 0 Å². The Morgan fingerprint density at radius 3 is 2.08 bits per heavy atom. The molecule has 6 heteroatoms. The van der Waals surface area contributed by atoms with Gasteiger partial charge in [-0.05, 0) is 18.8 Å². The standard InChI is InChI=1S/C19H33N3O3/c1-4-14(2)17(20-15(3)23)19(25)22-12-10-21(11-13-22)18(24)16-8-6-5-7-9-16/h14,16-17H,4-13H2,1-3H3,(H,20,23). The van der Waals surface area contributed by atoms with E-state index in [0.29, 0.717) is 26.2 Å². The van der Waals surface area contributed by atoms with Gasteiger partial charge in [0.1, 0.15) is 6.04 Å². The Kier molecular flexibility index (Phi) is 7.26. The summed E-state index contributed by atoms with van der Waals surface area (Å²) in [4.78, 5) is 40.6. The van der Waals surface area contributed by atoms with Gasteiger partial charge >= 0.3 is 0 Å². The summed E-state index contributed by atoms with van der Waals surface area (Å²) in [7, 11) is 0. The lowest BCUT2D eigenvalue weighted by Crippen LogP contribution is -2.57. The minimum absolute atomic E-state index is 0.0192. The van der Waals surface area contributed by atoms with Crippen LogP contribution in [0, 0.1) is 11.8 Å². The Labute approximate surface area is 151 Å². The molecule has 0 radical (unpaired) electrons. The van der Waals surface area contributed by atoms with Crippen LogP contribution in [0.3, 0.4) is 0 Å². The highest BCUT2D eigenvalue weighted by atomic mass is 16.2. The molecule has 0 aromatic rings. The first-order valence-corrected chi connectivity index (χ1v) is 9.78. The molecular formula is C19H33N3O3. The second kappa shape index (κ2) is 9.20. The number of carbonyl (C=O) groups excluding carboxylic acids is 3. The molecule has 1 heterocycles. The SMILES string of the molecule is CCC(C)C(NC(C)=O)C(=O)N1CCN(C(=O)C2CCCCC2)CC1. The van der Waals surface area contributed by atoms with Gasteiger partial charge < -0.3 is 15.1 Å². The molecule has 2 atom stereocenters. The van der Waals surface area contributed by atoms with Crippen LogP contribution in [0.25, 0.3) is 0 Å². The van der Waals surface area contributed by atoms with Gasteiger partial charge in [-0.25, -0.2) is 0 Å². The zero-order valence-electron chi connectivity index (χ0n) is 15.9. The molecule has 0 aromatic carbocycles. The summed E-state index contributed by atoms with van der Waals surface area (Å²) in [5.41, 5.74) is 0. The molecule has 2 unspecified atom stereocenters. The molecule has 1 saturated heterocycles. The fourth-order valence-corrected chi connectivity index (χ4v) is 3.85. The predicted molar refractivity (Wildman–Crippen MR) is 96.8 cm³/mol. The highest BCUT2D eigenvalue weighted by Crippen LogP contribution is 2.26. The van der Waals surface area contributed by atoms with E-state index in [1.807, 2.05) is 18.7 Å². The lowest BCUT2D eigenvalue weighted by atomic mass is 9.88. The van der Waals surface area contributed by atoms with E-state index in [9.17, 15) is 14.4 Å². The number of piperazine rings is 1. The number of nitrogens with one attached hydrogen (secondary N) is 1. The third kappa shape index (κ3) is 5.19. The zero-order chi connectivity index (χ0) is 18.4. The van der Waals surface area contributed by atoms with Gasteiger partial charge in [-0.15, -0.1) is 0 Å². The molecule has 2 aliphatic rings. The van der Waals surface area contributed by atoms with Crippen LogP contribution in [0.15, 0.2) is 0 Å². The van der Waals surface area contributed by atoms with E-state index in [-0.39, 0.29) is 29.6 Å². The summed E-state index contributed by atoms with van der Waals surface area (Å²) in [6.07, 6.45) is 6.40. The van der Waals surface area contributed by atoms with E-state index in [0.717, 1.165) is 32.1 Å². The number of nitrogens with zero attached hydrogens (tertiary/aromatic N) is 2. The zero-order valence-corrected chi connectivity index (χ0v) is 15.9. The smallest absolute Gasteiger partial charge is 0.245 e. The van der Waals surface area contributed by atoms with Crippen molar-refractivity contribution < 1.29 is 14.4 Å². The first-order valence-electron chi connectivity index (χ1n) is 9.78. The molecular weight excluding hydrogens is 318 g/mol. The minimum Gasteiger partial charge on any atom is -0.344 e. The summed E-state index contributed by atoms with van der Waals surface area (Å²) < 4.78 is 0. The van der Waals surface area contributed by atoms with Crippen LogP contribution >= 0.6 is 0 Å². The van der Waals surface area contributed by atoms with Gasteiger partial charge in [-0.1, -0.05) is 39.5 Å². The van der Waals surface area contributed by atoms with Crippen molar-refractivity contribution in [2.24, 2.45) is 11.8 Å². The average molecular weight is 351 g/mol.